The van der Waals surface area contributed by atoms with E-state index in [1.54, 1.807) is 21.6 Å². The van der Waals surface area contributed by atoms with Crippen molar-refractivity contribution < 1.29 is 4.79 Å². The van der Waals surface area contributed by atoms with Gasteiger partial charge in [-0.15, -0.1) is 0 Å². The first kappa shape index (κ1) is 20.7. The molecular formula is C23H26N4O2S2. The van der Waals surface area contributed by atoms with Gasteiger partial charge in [-0.25, -0.2) is 4.98 Å². The van der Waals surface area contributed by atoms with E-state index in [0.29, 0.717) is 26.3 Å². The van der Waals surface area contributed by atoms with E-state index in [-0.39, 0.29) is 17.5 Å². The van der Waals surface area contributed by atoms with Crippen LogP contribution in [0, 0.1) is 6.92 Å². The van der Waals surface area contributed by atoms with Gasteiger partial charge in [-0.2, -0.15) is 0 Å². The Labute approximate surface area is 191 Å². The van der Waals surface area contributed by atoms with Gasteiger partial charge in [-0.1, -0.05) is 49.3 Å². The van der Waals surface area contributed by atoms with Crippen molar-refractivity contribution in [2.45, 2.75) is 57.9 Å². The molecule has 0 atom stereocenters. The topological polar surface area (TPSA) is 57.9 Å². The van der Waals surface area contributed by atoms with Crippen molar-refractivity contribution in [3.63, 3.8) is 0 Å². The van der Waals surface area contributed by atoms with Crippen LogP contribution in [0.5, 0.6) is 0 Å². The largest absolute Gasteiger partial charge is 0.356 e. The molecule has 1 aliphatic carbocycles. The number of rotatable bonds is 3. The lowest BCUT2D eigenvalue weighted by molar-refractivity contribution is -0.124. The first-order chi connectivity index (χ1) is 15.0. The third-order valence-corrected chi connectivity index (χ3v) is 7.84. The zero-order valence-electron chi connectivity index (χ0n) is 17.7. The van der Waals surface area contributed by atoms with Gasteiger partial charge in [0.2, 0.25) is 0 Å². The maximum Gasteiger partial charge on any atom is 0.267 e. The summed E-state index contributed by atoms with van der Waals surface area (Å²) >= 11 is 6.89. The summed E-state index contributed by atoms with van der Waals surface area (Å²) < 4.78 is 2.19. The Balaban J connectivity index is 1.61. The number of anilines is 1. The maximum atomic E-state index is 13.5. The summed E-state index contributed by atoms with van der Waals surface area (Å²) in [4.78, 5) is 36.2. The van der Waals surface area contributed by atoms with E-state index in [1.165, 1.54) is 18.2 Å². The maximum absolute atomic E-state index is 13.5. The molecule has 2 aromatic heterocycles. The quantitative estimate of drug-likeness (QED) is 0.513. The fraction of sp³-hybridized carbons (Fsp3) is 0.478. The molecule has 3 fully saturated rings. The average molecular weight is 455 g/mol. The highest BCUT2D eigenvalue weighted by Crippen LogP contribution is 2.38. The molecule has 0 radical (unpaired) electrons. The SMILES string of the molecule is Cc1cccn2c(=O)c(/C=C3/SC(=S)N(C4CCCCC4)C3=O)c(N3CCCC3)nc12. The number of amides is 1. The highest BCUT2D eigenvalue weighted by atomic mass is 32.2. The Morgan fingerprint density at radius 3 is 2.61 bits per heavy atom. The molecule has 4 heterocycles. The summed E-state index contributed by atoms with van der Waals surface area (Å²) in [5.41, 5.74) is 1.96. The monoisotopic (exact) mass is 454 g/mol. The van der Waals surface area contributed by atoms with E-state index in [4.69, 9.17) is 17.2 Å². The Hall–Kier alpha value is -2.19. The number of hydrogen-bond acceptors (Lipinski definition) is 6. The number of nitrogens with zero attached hydrogens (tertiary/aromatic N) is 4. The fourth-order valence-corrected chi connectivity index (χ4v) is 6.24. The van der Waals surface area contributed by atoms with E-state index >= 15 is 0 Å². The minimum Gasteiger partial charge on any atom is -0.356 e. The number of aryl methyl sites for hydroxylation is 1. The molecule has 6 nitrogen and oxygen atoms in total. The van der Waals surface area contributed by atoms with E-state index in [0.717, 1.165) is 57.2 Å². The van der Waals surface area contributed by atoms with Crippen LogP contribution in [-0.4, -0.2) is 43.6 Å². The van der Waals surface area contributed by atoms with Crippen molar-refractivity contribution in [2.24, 2.45) is 0 Å². The van der Waals surface area contributed by atoms with Crippen LogP contribution < -0.4 is 10.5 Å². The second kappa shape index (κ2) is 8.39. The van der Waals surface area contributed by atoms with Crippen molar-refractivity contribution in [3.8, 4) is 0 Å². The number of hydrogen-bond donors (Lipinski definition) is 0. The van der Waals surface area contributed by atoms with Crippen LogP contribution in [0.25, 0.3) is 11.7 Å². The highest BCUT2D eigenvalue weighted by Gasteiger charge is 2.38. The zero-order valence-corrected chi connectivity index (χ0v) is 19.3. The third-order valence-electron chi connectivity index (χ3n) is 6.51. The van der Waals surface area contributed by atoms with Crippen LogP contribution in [0.2, 0.25) is 0 Å². The van der Waals surface area contributed by atoms with E-state index < -0.39 is 0 Å². The van der Waals surface area contributed by atoms with E-state index in [1.807, 2.05) is 19.1 Å². The molecule has 0 N–H and O–H groups in total. The Morgan fingerprint density at radius 1 is 1.13 bits per heavy atom. The van der Waals surface area contributed by atoms with Gasteiger partial charge in [0.25, 0.3) is 11.5 Å². The third kappa shape index (κ3) is 3.69. The van der Waals surface area contributed by atoms with Crippen LogP contribution in [0.3, 0.4) is 0 Å². The predicted molar refractivity (Wildman–Crippen MR) is 130 cm³/mol. The molecule has 1 amide bonds. The lowest BCUT2D eigenvalue weighted by Gasteiger charge is -2.29. The van der Waals surface area contributed by atoms with Gasteiger partial charge >= 0.3 is 0 Å². The predicted octanol–water partition coefficient (Wildman–Crippen LogP) is 4.14. The fourth-order valence-electron chi connectivity index (χ4n) is 4.86. The number of pyridine rings is 1. The van der Waals surface area contributed by atoms with Crippen molar-refractivity contribution in [1.82, 2.24) is 14.3 Å². The molecule has 1 saturated carbocycles. The van der Waals surface area contributed by atoms with Gasteiger partial charge in [-0.05, 0) is 50.3 Å². The highest BCUT2D eigenvalue weighted by molar-refractivity contribution is 8.26. The number of carbonyl (C=O) groups is 1. The van der Waals surface area contributed by atoms with E-state index in [2.05, 4.69) is 4.90 Å². The van der Waals surface area contributed by atoms with Crippen LogP contribution in [0.4, 0.5) is 5.82 Å². The molecule has 0 unspecified atom stereocenters. The summed E-state index contributed by atoms with van der Waals surface area (Å²) in [5.74, 6) is 0.614. The Bertz CT molecular complexity index is 1140. The minimum absolute atomic E-state index is 0.0667. The molecule has 3 aliphatic rings. The van der Waals surface area contributed by atoms with Crippen LogP contribution in [0.15, 0.2) is 28.0 Å². The molecule has 162 valence electrons. The standard InChI is InChI=1S/C23H26N4O2S2/c1-15-8-7-13-26-19(15)24-20(25-11-5-6-12-25)17(21(26)28)14-18-22(29)27(23(30)31-18)16-9-3-2-4-10-16/h7-8,13-14,16H,2-6,9-12H2,1H3/b18-14+. The average Bonchev–Trinajstić information content (AvgIpc) is 3.39. The number of carbonyl (C=O) groups excluding carboxylic acids is 1. The molecule has 2 aromatic rings. The van der Waals surface area contributed by atoms with Crippen molar-refractivity contribution in [1.29, 1.82) is 0 Å². The van der Waals surface area contributed by atoms with Crippen LogP contribution in [0.1, 0.15) is 56.1 Å². The summed E-state index contributed by atoms with van der Waals surface area (Å²) in [5, 5.41) is 0. The second-order valence-electron chi connectivity index (χ2n) is 8.58. The van der Waals surface area contributed by atoms with Crippen molar-refractivity contribution >= 4 is 51.7 Å². The molecule has 8 heteroatoms. The molecule has 5 rings (SSSR count). The number of fused-ring (bicyclic) bond motifs is 1. The zero-order chi connectivity index (χ0) is 21.5. The summed E-state index contributed by atoms with van der Waals surface area (Å²) in [6, 6.07) is 4.00. The van der Waals surface area contributed by atoms with Gasteiger partial charge in [0.05, 0.1) is 10.5 Å². The lowest BCUT2D eigenvalue weighted by Crippen LogP contribution is -2.39. The smallest absolute Gasteiger partial charge is 0.267 e. The van der Waals surface area contributed by atoms with Crippen molar-refractivity contribution in [3.05, 3.63) is 44.7 Å². The molecule has 0 spiro atoms. The Kier molecular flexibility index (Phi) is 5.60. The lowest BCUT2D eigenvalue weighted by atomic mass is 9.94. The van der Waals surface area contributed by atoms with E-state index in [9.17, 15) is 9.59 Å². The molecule has 0 aromatic carbocycles. The molecule has 2 aliphatic heterocycles. The van der Waals surface area contributed by atoms with Gasteiger partial charge in [0, 0.05) is 25.3 Å². The van der Waals surface area contributed by atoms with Crippen LogP contribution >= 0.6 is 24.0 Å². The van der Waals surface area contributed by atoms with Gasteiger partial charge in [-0.3, -0.25) is 18.9 Å². The number of aromatic nitrogens is 2. The first-order valence-electron chi connectivity index (χ1n) is 11.1. The molecule has 2 saturated heterocycles. The Morgan fingerprint density at radius 2 is 1.87 bits per heavy atom. The van der Waals surface area contributed by atoms with Gasteiger partial charge in [0.15, 0.2) is 0 Å². The summed E-state index contributed by atoms with van der Waals surface area (Å²) in [6.45, 7) is 3.71. The molecule has 0 bridgehead atoms. The number of thioether (sulfide) groups is 1. The first-order valence-corrected chi connectivity index (χ1v) is 12.3. The van der Waals surface area contributed by atoms with Crippen molar-refractivity contribution in [2.75, 3.05) is 18.0 Å². The second-order valence-corrected chi connectivity index (χ2v) is 10.3. The minimum atomic E-state index is -0.140. The molecular weight excluding hydrogens is 428 g/mol. The summed E-state index contributed by atoms with van der Waals surface area (Å²) in [6.07, 6.45) is 11.1. The normalized spacial score (nSPS) is 21.8. The molecule has 31 heavy (non-hydrogen) atoms. The van der Waals surface area contributed by atoms with Gasteiger partial charge < -0.3 is 4.90 Å². The summed E-state index contributed by atoms with van der Waals surface area (Å²) in [7, 11) is 0. The number of thiocarbonyl (C=S) groups is 1. The van der Waals surface area contributed by atoms with Gasteiger partial charge in [0.1, 0.15) is 15.8 Å². The van der Waals surface area contributed by atoms with Crippen LogP contribution in [-0.2, 0) is 4.79 Å².